The van der Waals surface area contributed by atoms with Crippen molar-refractivity contribution in [1.29, 1.82) is 0 Å². The molecule has 0 atom stereocenters. The van der Waals surface area contributed by atoms with Crippen molar-refractivity contribution in [1.82, 2.24) is 9.78 Å². The number of rotatable bonds is 5. The Labute approximate surface area is 116 Å². The van der Waals surface area contributed by atoms with Crippen LogP contribution < -0.4 is 5.32 Å². The average molecular weight is 273 g/mol. The number of hydrogen-bond acceptors (Lipinski definition) is 3. The van der Waals surface area contributed by atoms with Crippen LogP contribution in [-0.4, -0.2) is 26.8 Å². The number of carbonyl (C=O) groups is 2. The molecule has 0 unspecified atom stereocenters. The molecule has 2 aromatic rings. The highest BCUT2D eigenvalue weighted by Gasteiger charge is 2.09. The molecule has 2 N–H and O–H groups in total. The van der Waals surface area contributed by atoms with Gasteiger partial charge >= 0.3 is 5.97 Å². The van der Waals surface area contributed by atoms with Crippen LogP contribution in [0, 0.1) is 6.92 Å². The highest BCUT2D eigenvalue weighted by Crippen LogP contribution is 2.17. The Morgan fingerprint density at radius 1 is 1.40 bits per heavy atom. The van der Waals surface area contributed by atoms with E-state index in [2.05, 4.69) is 10.4 Å². The highest BCUT2D eigenvalue weighted by atomic mass is 16.4. The first-order chi connectivity index (χ1) is 9.56. The lowest BCUT2D eigenvalue weighted by atomic mass is 10.1. The first-order valence-corrected chi connectivity index (χ1v) is 6.17. The van der Waals surface area contributed by atoms with Crippen molar-refractivity contribution in [3.8, 4) is 0 Å². The zero-order valence-electron chi connectivity index (χ0n) is 11.0. The number of carboxylic acids is 1. The van der Waals surface area contributed by atoms with Gasteiger partial charge in [0.1, 0.15) is 0 Å². The molecule has 6 nitrogen and oxygen atoms in total. The maximum atomic E-state index is 11.8. The lowest BCUT2D eigenvalue weighted by Gasteiger charge is -2.09. The summed E-state index contributed by atoms with van der Waals surface area (Å²) >= 11 is 0. The molecule has 0 bridgehead atoms. The van der Waals surface area contributed by atoms with Crippen molar-refractivity contribution in [2.24, 2.45) is 0 Å². The van der Waals surface area contributed by atoms with Gasteiger partial charge in [0.05, 0.1) is 5.56 Å². The van der Waals surface area contributed by atoms with Crippen molar-refractivity contribution in [2.75, 3.05) is 5.32 Å². The molecule has 1 amide bonds. The summed E-state index contributed by atoms with van der Waals surface area (Å²) in [4.78, 5) is 22.7. The molecule has 104 valence electrons. The number of carbonyl (C=O) groups excluding carboxylic acids is 1. The fourth-order valence-corrected chi connectivity index (χ4v) is 1.75. The van der Waals surface area contributed by atoms with E-state index in [4.69, 9.17) is 5.11 Å². The van der Waals surface area contributed by atoms with Crippen LogP contribution in [0.15, 0.2) is 36.7 Å². The Balaban J connectivity index is 2.00. The zero-order chi connectivity index (χ0) is 14.5. The number of nitrogens with one attached hydrogen (secondary N) is 1. The minimum absolute atomic E-state index is 0.151. The number of nitrogens with zero attached hydrogens (tertiary/aromatic N) is 2. The van der Waals surface area contributed by atoms with E-state index in [1.54, 1.807) is 29.2 Å². The highest BCUT2D eigenvalue weighted by molar-refractivity contribution is 5.94. The van der Waals surface area contributed by atoms with Gasteiger partial charge in [0.15, 0.2) is 0 Å². The zero-order valence-corrected chi connectivity index (χ0v) is 11.0. The lowest BCUT2D eigenvalue weighted by Crippen LogP contribution is -2.15. The summed E-state index contributed by atoms with van der Waals surface area (Å²) in [6.07, 6.45) is 3.71. The second kappa shape index (κ2) is 6.01. The van der Waals surface area contributed by atoms with Gasteiger partial charge in [-0.3, -0.25) is 9.48 Å². The van der Waals surface area contributed by atoms with E-state index in [-0.39, 0.29) is 17.9 Å². The molecule has 2 rings (SSSR count). The third-order valence-electron chi connectivity index (χ3n) is 2.89. The summed E-state index contributed by atoms with van der Waals surface area (Å²) in [5.41, 5.74) is 1.50. The summed E-state index contributed by atoms with van der Waals surface area (Å²) < 4.78 is 1.67. The number of carboxylic acid groups (broad SMARTS) is 1. The summed E-state index contributed by atoms with van der Waals surface area (Å²) in [7, 11) is 0. The summed E-state index contributed by atoms with van der Waals surface area (Å²) in [5, 5.41) is 15.7. The maximum absolute atomic E-state index is 11.8. The van der Waals surface area contributed by atoms with Crippen molar-refractivity contribution in [2.45, 2.75) is 19.9 Å². The van der Waals surface area contributed by atoms with Gasteiger partial charge in [0, 0.05) is 31.0 Å². The number of hydrogen-bond donors (Lipinski definition) is 2. The molecular formula is C14H15N3O3. The van der Waals surface area contributed by atoms with E-state index in [1.807, 2.05) is 6.92 Å². The standard InChI is InChI=1S/C14H15N3O3/c1-10-3-4-11(14(19)20)9-12(10)16-13(18)5-8-17-7-2-6-15-17/h2-4,6-7,9H,5,8H2,1H3,(H,16,18)(H,19,20). The summed E-state index contributed by atoms with van der Waals surface area (Å²) in [6.45, 7) is 2.30. The van der Waals surface area contributed by atoms with Crippen molar-refractivity contribution in [3.05, 3.63) is 47.8 Å². The van der Waals surface area contributed by atoms with Crippen molar-refractivity contribution >= 4 is 17.6 Å². The van der Waals surface area contributed by atoms with Crippen LogP contribution in [-0.2, 0) is 11.3 Å². The van der Waals surface area contributed by atoms with E-state index in [0.717, 1.165) is 5.56 Å². The van der Waals surface area contributed by atoms with Crippen LogP contribution in [0.2, 0.25) is 0 Å². The van der Waals surface area contributed by atoms with Gasteiger partial charge in [-0.2, -0.15) is 5.10 Å². The molecule has 0 fully saturated rings. The molecule has 1 aromatic heterocycles. The largest absolute Gasteiger partial charge is 0.478 e. The normalized spacial score (nSPS) is 10.2. The summed E-state index contributed by atoms with van der Waals surface area (Å²) in [6, 6.07) is 6.44. The number of aromatic carboxylic acids is 1. The van der Waals surface area contributed by atoms with E-state index in [1.165, 1.54) is 12.1 Å². The first kappa shape index (κ1) is 13.8. The van der Waals surface area contributed by atoms with Crippen LogP contribution in [0.1, 0.15) is 22.3 Å². The monoisotopic (exact) mass is 273 g/mol. The molecule has 0 aliphatic rings. The van der Waals surface area contributed by atoms with E-state index >= 15 is 0 Å². The minimum Gasteiger partial charge on any atom is -0.478 e. The molecule has 0 saturated heterocycles. The molecule has 0 aliphatic heterocycles. The maximum Gasteiger partial charge on any atom is 0.335 e. The van der Waals surface area contributed by atoms with Gasteiger partial charge in [-0.25, -0.2) is 4.79 Å². The molecule has 0 spiro atoms. The fraction of sp³-hybridized carbons (Fsp3) is 0.214. The van der Waals surface area contributed by atoms with Crippen LogP contribution in [0.4, 0.5) is 5.69 Å². The molecular weight excluding hydrogens is 258 g/mol. The summed E-state index contributed by atoms with van der Waals surface area (Å²) in [5.74, 6) is -1.19. The Morgan fingerprint density at radius 3 is 2.85 bits per heavy atom. The number of aryl methyl sites for hydroxylation is 2. The van der Waals surface area contributed by atoms with Crippen LogP contribution in [0.3, 0.4) is 0 Å². The molecule has 6 heteroatoms. The third kappa shape index (κ3) is 3.44. The Kier molecular flexibility index (Phi) is 4.14. The van der Waals surface area contributed by atoms with Gasteiger partial charge in [-0.1, -0.05) is 6.07 Å². The second-order valence-corrected chi connectivity index (χ2v) is 4.40. The molecule has 0 saturated carbocycles. The van der Waals surface area contributed by atoms with Crippen LogP contribution in [0.5, 0.6) is 0 Å². The Hall–Kier alpha value is -2.63. The third-order valence-corrected chi connectivity index (χ3v) is 2.89. The lowest BCUT2D eigenvalue weighted by molar-refractivity contribution is -0.116. The quantitative estimate of drug-likeness (QED) is 0.871. The smallest absolute Gasteiger partial charge is 0.335 e. The molecule has 1 aromatic carbocycles. The van der Waals surface area contributed by atoms with Gasteiger partial charge < -0.3 is 10.4 Å². The Bertz CT molecular complexity index is 621. The van der Waals surface area contributed by atoms with E-state index in [0.29, 0.717) is 12.2 Å². The predicted octanol–water partition coefficient (Wildman–Crippen LogP) is 1.92. The van der Waals surface area contributed by atoms with Crippen LogP contribution >= 0.6 is 0 Å². The van der Waals surface area contributed by atoms with Crippen LogP contribution in [0.25, 0.3) is 0 Å². The van der Waals surface area contributed by atoms with Gasteiger partial charge in [0.25, 0.3) is 0 Å². The number of anilines is 1. The van der Waals surface area contributed by atoms with E-state index < -0.39 is 5.97 Å². The SMILES string of the molecule is Cc1ccc(C(=O)O)cc1NC(=O)CCn1cccn1. The van der Waals surface area contributed by atoms with Crippen molar-refractivity contribution < 1.29 is 14.7 Å². The number of amides is 1. The fourth-order valence-electron chi connectivity index (χ4n) is 1.75. The van der Waals surface area contributed by atoms with Gasteiger partial charge in [-0.05, 0) is 30.7 Å². The topological polar surface area (TPSA) is 84.2 Å². The number of aromatic nitrogens is 2. The number of benzene rings is 1. The predicted molar refractivity (Wildman–Crippen MR) is 73.6 cm³/mol. The minimum atomic E-state index is -1.02. The Morgan fingerprint density at radius 2 is 2.20 bits per heavy atom. The molecule has 0 aliphatic carbocycles. The van der Waals surface area contributed by atoms with E-state index in [9.17, 15) is 9.59 Å². The first-order valence-electron chi connectivity index (χ1n) is 6.17. The van der Waals surface area contributed by atoms with Gasteiger partial charge in [0.2, 0.25) is 5.91 Å². The molecule has 1 heterocycles. The van der Waals surface area contributed by atoms with Gasteiger partial charge in [-0.15, -0.1) is 0 Å². The molecule has 0 radical (unpaired) electrons. The molecule has 20 heavy (non-hydrogen) atoms. The average Bonchev–Trinajstić information content (AvgIpc) is 2.92. The van der Waals surface area contributed by atoms with Crippen molar-refractivity contribution in [3.63, 3.8) is 0 Å². The second-order valence-electron chi connectivity index (χ2n) is 4.40.